The van der Waals surface area contributed by atoms with Crippen molar-refractivity contribution in [1.82, 2.24) is 10.2 Å². The Hall–Kier alpha value is -2.32. The summed E-state index contributed by atoms with van der Waals surface area (Å²) < 4.78 is 0. The van der Waals surface area contributed by atoms with Gasteiger partial charge in [-0.3, -0.25) is 9.59 Å². The molecule has 0 bridgehead atoms. The van der Waals surface area contributed by atoms with Gasteiger partial charge < -0.3 is 20.4 Å². The van der Waals surface area contributed by atoms with E-state index in [4.69, 9.17) is 5.11 Å². The number of thioether (sulfide) groups is 1. The van der Waals surface area contributed by atoms with Gasteiger partial charge in [0.05, 0.1) is 11.3 Å². The third-order valence-electron chi connectivity index (χ3n) is 4.19. The standard InChI is InChI=1S/C19H24N2O5S/c1-12(2)17-18(24)21(8-9-27-17)11-15(22)20-14(16(23)19(25)26)10-13-6-4-3-5-7-13/h3-9,12,14,16-17,23H,10-11H2,1-2H3,(H,20,22)(H,25,26)/t14-,16?,17?/m0/s1. The Morgan fingerprint density at radius 3 is 2.52 bits per heavy atom. The van der Waals surface area contributed by atoms with Crippen molar-refractivity contribution in [3.63, 3.8) is 0 Å². The molecule has 146 valence electrons. The van der Waals surface area contributed by atoms with Crippen LogP contribution in [0.3, 0.4) is 0 Å². The van der Waals surface area contributed by atoms with E-state index in [1.54, 1.807) is 35.9 Å². The minimum Gasteiger partial charge on any atom is -0.479 e. The minimum absolute atomic E-state index is 0.123. The fourth-order valence-corrected chi connectivity index (χ4v) is 3.70. The van der Waals surface area contributed by atoms with Gasteiger partial charge in [0.2, 0.25) is 11.8 Å². The highest BCUT2D eigenvalue weighted by Crippen LogP contribution is 2.27. The molecule has 27 heavy (non-hydrogen) atoms. The zero-order valence-electron chi connectivity index (χ0n) is 15.2. The predicted octanol–water partition coefficient (Wildman–Crippen LogP) is 1.23. The number of nitrogens with zero attached hydrogens (tertiary/aromatic N) is 1. The second-order valence-electron chi connectivity index (χ2n) is 6.70. The average Bonchev–Trinajstić information content (AvgIpc) is 2.62. The summed E-state index contributed by atoms with van der Waals surface area (Å²) in [4.78, 5) is 37.4. The van der Waals surface area contributed by atoms with E-state index >= 15 is 0 Å². The first-order chi connectivity index (χ1) is 12.8. The first kappa shape index (κ1) is 21.0. The molecule has 2 unspecified atom stereocenters. The zero-order valence-corrected chi connectivity index (χ0v) is 16.1. The van der Waals surface area contributed by atoms with Crippen LogP contribution in [0.4, 0.5) is 0 Å². The summed E-state index contributed by atoms with van der Waals surface area (Å²) in [5.41, 5.74) is 0.785. The van der Waals surface area contributed by atoms with E-state index in [1.165, 1.54) is 16.7 Å². The molecule has 0 saturated carbocycles. The smallest absolute Gasteiger partial charge is 0.334 e. The Labute approximate surface area is 162 Å². The quantitative estimate of drug-likeness (QED) is 0.614. The van der Waals surface area contributed by atoms with Crippen LogP contribution < -0.4 is 5.32 Å². The molecule has 2 rings (SSSR count). The SMILES string of the molecule is CC(C)C1SC=CN(CC(=O)N[C@@H](Cc2ccccc2)C(O)C(=O)O)C1=O. The maximum atomic E-state index is 12.5. The minimum atomic E-state index is -1.75. The average molecular weight is 392 g/mol. The normalized spacial score (nSPS) is 19.0. The second kappa shape index (κ2) is 9.57. The van der Waals surface area contributed by atoms with Crippen molar-refractivity contribution < 1.29 is 24.6 Å². The van der Waals surface area contributed by atoms with Crippen LogP contribution in [0.2, 0.25) is 0 Å². The highest BCUT2D eigenvalue weighted by Gasteiger charge is 2.32. The van der Waals surface area contributed by atoms with E-state index in [9.17, 15) is 19.5 Å². The van der Waals surface area contributed by atoms with Crippen LogP contribution in [0.15, 0.2) is 41.9 Å². The van der Waals surface area contributed by atoms with E-state index in [0.717, 1.165) is 5.56 Å². The maximum absolute atomic E-state index is 12.5. The molecule has 0 fully saturated rings. The highest BCUT2D eigenvalue weighted by molar-refractivity contribution is 8.03. The lowest BCUT2D eigenvalue weighted by molar-refractivity contribution is -0.148. The monoisotopic (exact) mass is 392 g/mol. The molecule has 0 aliphatic carbocycles. The molecule has 0 aromatic heterocycles. The number of hydrogen-bond donors (Lipinski definition) is 3. The predicted molar refractivity (Wildman–Crippen MR) is 103 cm³/mol. The van der Waals surface area contributed by atoms with E-state index in [-0.39, 0.29) is 30.0 Å². The number of rotatable bonds is 8. The van der Waals surface area contributed by atoms with Crippen LogP contribution in [-0.2, 0) is 20.8 Å². The van der Waals surface area contributed by atoms with Crippen LogP contribution in [0.1, 0.15) is 19.4 Å². The number of hydrogen-bond acceptors (Lipinski definition) is 5. The van der Waals surface area contributed by atoms with Crippen LogP contribution in [-0.4, -0.2) is 56.8 Å². The topological polar surface area (TPSA) is 107 Å². The summed E-state index contributed by atoms with van der Waals surface area (Å²) in [6, 6.07) is 7.98. The van der Waals surface area contributed by atoms with Crippen LogP contribution >= 0.6 is 11.8 Å². The summed E-state index contributed by atoms with van der Waals surface area (Å²) in [7, 11) is 0. The number of carboxylic acid groups (broad SMARTS) is 1. The van der Waals surface area contributed by atoms with Gasteiger partial charge in [-0.1, -0.05) is 44.2 Å². The molecule has 1 aliphatic heterocycles. The van der Waals surface area contributed by atoms with Crippen molar-refractivity contribution in [3.8, 4) is 0 Å². The highest BCUT2D eigenvalue weighted by atomic mass is 32.2. The largest absolute Gasteiger partial charge is 0.479 e. The van der Waals surface area contributed by atoms with Gasteiger partial charge in [-0.2, -0.15) is 0 Å². The first-order valence-corrected chi connectivity index (χ1v) is 9.60. The Bertz CT molecular complexity index is 707. The molecule has 1 heterocycles. The van der Waals surface area contributed by atoms with Crippen molar-refractivity contribution in [2.45, 2.75) is 37.7 Å². The fourth-order valence-electron chi connectivity index (χ4n) is 2.75. The van der Waals surface area contributed by atoms with Crippen LogP contribution in [0.25, 0.3) is 0 Å². The molecule has 8 heteroatoms. The van der Waals surface area contributed by atoms with Crippen molar-refractivity contribution in [1.29, 1.82) is 0 Å². The van der Waals surface area contributed by atoms with Gasteiger partial charge in [0.1, 0.15) is 6.54 Å². The molecule has 1 aromatic rings. The molecule has 0 radical (unpaired) electrons. The number of aliphatic hydroxyl groups is 1. The number of nitrogens with one attached hydrogen (secondary N) is 1. The maximum Gasteiger partial charge on any atom is 0.334 e. The van der Waals surface area contributed by atoms with Crippen molar-refractivity contribution in [3.05, 3.63) is 47.5 Å². The lowest BCUT2D eigenvalue weighted by atomic mass is 10.0. The number of aliphatic hydroxyl groups excluding tert-OH is 1. The molecular formula is C19H24N2O5S. The van der Waals surface area contributed by atoms with Crippen molar-refractivity contribution in [2.75, 3.05) is 6.54 Å². The third kappa shape index (κ3) is 5.83. The second-order valence-corrected chi connectivity index (χ2v) is 7.75. The van der Waals surface area contributed by atoms with Crippen molar-refractivity contribution >= 4 is 29.5 Å². The summed E-state index contributed by atoms with van der Waals surface area (Å²) in [5.74, 6) is -1.98. The number of carbonyl (C=O) groups is 3. The number of aliphatic carboxylic acids is 1. The third-order valence-corrected chi connectivity index (χ3v) is 5.51. The van der Waals surface area contributed by atoms with Crippen LogP contribution in [0, 0.1) is 5.92 Å². The summed E-state index contributed by atoms with van der Waals surface area (Å²) >= 11 is 1.41. The number of amides is 2. The molecule has 0 spiro atoms. The molecule has 7 nitrogen and oxygen atoms in total. The first-order valence-electron chi connectivity index (χ1n) is 8.66. The molecular weight excluding hydrogens is 368 g/mol. The van der Waals surface area contributed by atoms with Crippen LogP contribution in [0.5, 0.6) is 0 Å². The van der Waals surface area contributed by atoms with Crippen molar-refractivity contribution in [2.24, 2.45) is 5.92 Å². The summed E-state index contributed by atoms with van der Waals surface area (Å²) in [6.45, 7) is 3.65. The zero-order chi connectivity index (χ0) is 20.0. The number of carbonyl (C=O) groups excluding carboxylic acids is 2. The van der Waals surface area contributed by atoms with Gasteiger partial charge in [-0.25, -0.2) is 4.79 Å². The molecule has 1 aliphatic rings. The van der Waals surface area contributed by atoms with E-state index < -0.39 is 24.0 Å². The van der Waals surface area contributed by atoms with Gasteiger partial charge in [0.15, 0.2) is 6.10 Å². The van der Waals surface area contributed by atoms with E-state index in [1.807, 2.05) is 19.9 Å². The Balaban J connectivity index is 2.04. The lowest BCUT2D eigenvalue weighted by Gasteiger charge is -2.29. The Kier molecular flexibility index (Phi) is 7.44. The Morgan fingerprint density at radius 2 is 1.93 bits per heavy atom. The fraction of sp³-hybridized carbons (Fsp3) is 0.421. The van der Waals surface area contributed by atoms with E-state index in [2.05, 4.69) is 5.32 Å². The summed E-state index contributed by atoms with van der Waals surface area (Å²) in [5, 5.41) is 23.1. The van der Waals surface area contributed by atoms with Gasteiger partial charge >= 0.3 is 5.97 Å². The molecule has 2 amide bonds. The number of benzene rings is 1. The van der Waals surface area contributed by atoms with Gasteiger partial charge in [0.25, 0.3) is 0 Å². The summed E-state index contributed by atoms with van der Waals surface area (Å²) in [6.07, 6.45) is -0.0414. The lowest BCUT2D eigenvalue weighted by Crippen LogP contribution is -2.51. The molecule has 3 N–H and O–H groups in total. The number of carboxylic acids is 1. The Morgan fingerprint density at radius 1 is 1.26 bits per heavy atom. The molecule has 0 saturated heterocycles. The van der Waals surface area contributed by atoms with E-state index in [0.29, 0.717) is 0 Å². The molecule has 3 atom stereocenters. The van der Waals surface area contributed by atoms with Gasteiger partial charge in [-0.05, 0) is 23.3 Å². The van der Waals surface area contributed by atoms with Gasteiger partial charge in [0, 0.05) is 6.20 Å². The molecule has 1 aromatic carbocycles. The van der Waals surface area contributed by atoms with Gasteiger partial charge in [-0.15, -0.1) is 11.8 Å².